The fourth-order valence-electron chi connectivity index (χ4n) is 1.53. The van der Waals surface area contributed by atoms with E-state index in [-0.39, 0.29) is 0 Å². The number of aromatic nitrogens is 1. The van der Waals surface area contributed by atoms with Crippen LogP contribution < -0.4 is 5.32 Å². The van der Waals surface area contributed by atoms with Crippen molar-refractivity contribution in [3.63, 3.8) is 0 Å². The minimum absolute atomic E-state index is 0.384. The summed E-state index contributed by atoms with van der Waals surface area (Å²) < 4.78 is 4.50. The number of carbonyl (C=O) groups is 1. The van der Waals surface area contributed by atoms with Crippen molar-refractivity contribution >= 4 is 17.4 Å². The summed E-state index contributed by atoms with van der Waals surface area (Å²) in [5.74, 6) is 0. The maximum atomic E-state index is 10.9. The second kappa shape index (κ2) is 5.64. The summed E-state index contributed by atoms with van der Waals surface area (Å²) >= 11 is 1.57. The average molecular weight is 262 g/mol. The van der Waals surface area contributed by atoms with E-state index in [2.05, 4.69) is 34.1 Å². The van der Waals surface area contributed by atoms with Crippen LogP contribution in [0.3, 0.4) is 0 Å². The minimum atomic E-state index is -0.444. The SMILES string of the molecule is COC(=O)NCc1csc(-c2cccc(C)c2)n1. The topological polar surface area (TPSA) is 51.2 Å². The Morgan fingerprint density at radius 1 is 1.50 bits per heavy atom. The van der Waals surface area contributed by atoms with Crippen LogP contribution in [-0.2, 0) is 11.3 Å². The highest BCUT2D eigenvalue weighted by Gasteiger charge is 2.06. The van der Waals surface area contributed by atoms with Gasteiger partial charge in [0.2, 0.25) is 0 Å². The number of methoxy groups -OCH3 is 1. The van der Waals surface area contributed by atoms with Crippen molar-refractivity contribution in [2.45, 2.75) is 13.5 Å². The molecule has 1 aromatic heterocycles. The number of alkyl carbamates (subject to hydrolysis) is 1. The molecule has 5 heteroatoms. The van der Waals surface area contributed by atoms with Gasteiger partial charge in [-0.15, -0.1) is 11.3 Å². The zero-order valence-corrected chi connectivity index (χ0v) is 11.1. The Morgan fingerprint density at radius 3 is 3.06 bits per heavy atom. The first-order valence-electron chi connectivity index (χ1n) is 5.52. The van der Waals surface area contributed by atoms with Gasteiger partial charge in [0.1, 0.15) is 5.01 Å². The van der Waals surface area contributed by atoms with Gasteiger partial charge in [-0.1, -0.05) is 23.8 Å². The highest BCUT2D eigenvalue weighted by molar-refractivity contribution is 7.13. The van der Waals surface area contributed by atoms with Gasteiger partial charge < -0.3 is 10.1 Å². The van der Waals surface area contributed by atoms with Crippen LogP contribution in [0.25, 0.3) is 10.6 Å². The van der Waals surface area contributed by atoms with Gasteiger partial charge in [-0.3, -0.25) is 0 Å². The van der Waals surface area contributed by atoms with Crippen molar-refractivity contribution in [2.75, 3.05) is 7.11 Å². The van der Waals surface area contributed by atoms with E-state index in [1.54, 1.807) is 11.3 Å². The summed E-state index contributed by atoms with van der Waals surface area (Å²) in [4.78, 5) is 15.4. The Morgan fingerprint density at radius 2 is 2.33 bits per heavy atom. The molecule has 1 amide bonds. The summed E-state index contributed by atoms with van der Waals surface area (Å²) in [6.45, 7) is 2.44. The Bertz CT molecular complexity index is 551. The molecule has 0 saturated carbocycles. The first-order chi connectivity index (χ1) is 8.69. The Labute approximate surface area is 110 Å². The number of hydrogen-bond donors (Lipinski definition) is 1. The van der Waals surface area contributed by atoms with Crippen LogP contribution in [0.15, 0.2) is 29.6 Å². The molecule has 1 N–H and O–H groups in total. The van der Waals surface area contributed by atoms with Crippen molar-refractivity contribution in [1.82, 2.24) is 10.3 Å². The number of aryl methyl sites for hydroxylation is 1. The molecule has 0 aliphatic rings. The third-order valence-corrected chi connectivity index (χ3v) is 3.36. The lowest BCUT2D eigenvalue weighted by Gasteiger charge is -2.00. The summed E-state index contributed by atoms with van der Waals surface area (Å²) in [6, 6.07) is 8.19. The predicted molar refractivity (Wildman–Crippen MR) is 71.5 cm³/mol. The number of nitrogens with zero attached hydrogens (tertiary/aromatic N) is 1. The third kappa shape index (κ3) is 3.07. The lowest BCUT2D eigenvalue weighted by atomic mass is 10.1. The average Bonchev–Trinajstić information content (AvgIpc) is 2.84. The van der Waals surface area contributed by atoms with Crippen LogP contribution in [0.1, 0.15) is 11.3 Å². The van der Waals surface area contributed by atoms with E-state index in [4.69, 9.17) is 0 Å². The van der Waals surface area contributed by atoms with Gasteiger partial charge in [0, 0.05) is 10.9 Å². The molecular weight excluding hydrogens is 248 g/mol. The van der Waals surface area contributed by atoms with Crippen molar-refractivity contribution in [2.24, 2.45) is 0 Å². The number of rotatable bonds is 3. The molecule has 18 heavy (non-hydrogen) atoms. The number of carbonyl (C=O) groups excluding carboxylic acids is 1. The molecule has 0 saturated heterocycles. The van der Waals surface area contributed by atoms with Crippen molar-refractivity contribution in [3.05, 3.63) is 40.9 Å². The quantitative estimate of drug-likeness (QED) is 0.925. The molecule has 0 atom stereocenters. The number of nitrogens with one attached hydrogen (secondary N) is 1. The van der Waals surface area contributed by atoms with E-state index in [1.807, 2.05) is 17.5 Å². The molecule has 1 aromatic carbocycles. The maximum Gasteiger partial charge on any atom is 0.407 e. The number of hydrogen-bond acceptors (Lipinski definition) is 4. The Balaban J connectivity index is 2.08. The second-order valence-corrected chi connectivity index (χ2v) is 4.72. The van der Waals surface area contributed by atoms with Crippen LogP contribution in [0.2, 0.25) is 0 Å². The van der Waals surface area contributed by atoms with E-state index >= 15 is 0 Å². The molecule has 1 heterocycles. The maximum absolute atomic E-state index is 10.9. The smallest absolute Gasteiger partial charge is 0.407 e. The zero-order valence-electron chi connectivity index (χ0n) is 10.3. The molecule has 0 fully saturated rings. The molecule has 0 aliphatic heterocycles. The molecule has 2 aromatic rings. The second-order valence-electron chi connectivity index (χ2n) is 3.86. The molecule has 0 spiro atoms. The summed E-state index contributed by atoms with van der Waals surface area (Å²) in [7, 11) is 1.34. The van der Waals surface area contributed by atoms with Crippen molar-refractivity contribution < 1.29 is 9.53 Å². The molecular formula is C13H14N2O2S. The summed E-state index contributed by atoms with van der Waals surface area (Å²) in [6.07, 6.45) is -0.444. The fourth-order valence-corrected chi connectivity index (χ4v) is 2.35. The van der Waals surface area contributed by atoms with Gasteiger partial charge in [-0.05, 0) is 13.0 Å². The van der Waals surface area contributed by atoms with E-state index in [1.165, 1.54) is 12.7 Å². The number of thiazole rings is 1. The highest BCUT2D eigenvalue weighted by atomic mass is 32.1. The molecule has 4 nitrogen and oxygen atoms in total. The van der Waals surface area contributed by atoms with Crippen LogP contribution in [-0.4, -0.2) is 18.2 Å². The standard InChI is InChI=1S/C13H14N2O2S/c1-9-4-3-5-10(6-9)12-15-11(8-18-12)7-14-13(16)17-2/h3-6,8H,7H2,1-2H3,(H,14,16). The molecule has 0 radical (unpaired) electrons. The van der Waals surface area contributed by atoms with E-state index in [0.29, 0.717) is 6.54 Å². The summed E-state index contributed by atoms with van der Waals surface area (Å²) in [5.41, 5.74) is 3.14. The molecule has 94 valence electrons. The van der Waals surface area contributed by atoms with E-state index < -0.39 is 6.09 Å². The van der Waals surface area contributed by atoms with Crippen molar-refractivity contribution in [3.8, 4) is 10.6 Å². The summed E-state index contributed by atoms with van der Waals surface area (Å²) in [5, 5.41) is 5.50. The van der Waals surface area contributed by atoms with Gasteiger partial charge >= 0.3 is 6.09 Å². The molecule has 0 unspecified atom stereocenters. The monoisotopic (exact) mass is 262 g/mol. The van der Waals surface area contributed by atoms with Gasteiger partial charge in [0.05, 0.1) is 19.3 Å². The van der Waals surface area contributed by atoms with Crippen LogP contribution in [0.5, 0.6) is 0 Å². The Hall–Kier alpha value is -1.88. The largest absolute Gasteiger partial charge is 0.453 e. The van der Waals surface area contributed by atoms with E-state index in [0.717, 1.165) is 16.3 Å². The number of ether oxygens (including phenoxy) is 1. The minimum Gasteiger partial charge on any atom is -0.453 e. The lowest BCUT2D eigenvalue weighted by Crippen LogP contribution is -2.22. The van der Waals surface area contributed by atoms with Crippen LogP contribution in [0, 0.1) is 6.92 Å². The van der Waals surface area contributed by atoms with Gasteiger partial charge in [0.15, 0.2) is 0 Å². The van der Waals surface area contributed by atoms with Gasteiger partial charge in [-0.25, -0.2) is 9.78 Å². The molecule has 2 rings (SSSR count). The van der Waals surface area contributed by atoms with Gasteiger partial charge in [-0.2, -0.15) is 0 Å². The molecule has 0 aliphatic carbocycles. The first-order valence-corrected chi connectivity index (χ1v) is 6.40. The first kappa shape index (κ1) is 12.6. The highest BCUT2D eigenvalue weighted by Crippen LogP contribution is 2.24. The van der Waals surface area contributed by atoms with Crippen LogP contribution in [0.4, 0.5) is 4.79 Å². The Kier molecular flexibility index (Phi) is 3.94. The van der Waals surface area contributed by atoms with Crippen molar-refractivity contribution in [1.29, 1.82) is 0 Å². The predicted octanol–water partition coefficient (Wildman–Crippen LogP) is 2.97. The van der Waals surface area contributed by atoms with Crippen LogP contribution >= 0.6 is 11.3 Å². The molecule has 0 bridgehead atoms. The normalized spacial score (nSPS) is 10.1. The number of benzene rings is 1. The van der Waals surface area contributed by atoms with E-state index in [9.17, 15) is 4.79 Å². The zero-order chi connectivity index (χ0) is 13.0. The fraction of sp³-hybridized carbons (Fsp3) is 0.231. The van der Waals surface area contributed by atoms with Gasteiger partial charge in [0.25, 0.3) is 0 Å². The third-order valence-electron chi connectivity index (χ3n) is 2.42. The number of amides is 1. The lowest BCUT2D eigenvalue weighted by molar-refractivity contribution is 0.170.